The molecule has 2 nitrogen and oxygen atoms in total. The number of allylic oxidation sites excluding steroid dienone is 1. The Bertz CT molecular complexity index is 137. The van der Waals surface area contributed by atoms with Gasteiger partial charge in [-0.1, -0.05) is 12.0 Å². The largest absolute Gasteiger partial charge is 0.380 e. The van der Waals surface area contributed by atoms with Crippen molar-refractivity contribution in [2.75, 3.05) is 26.3 Å². The minimum Gasteiger partial charge on any atom is -0.380 e. The first-order valence-electron chi connectivity index (χ1n) is 4.24. The molecule has 1 N–H and O–H groups in total. The molecule has 0 aliphatic carbocycles. The van der Waals surface area contributed by atoms with Gasteiger partial charge in [-0.2, -0.15) is 0 Å². The minimum absolute atomic E-state index is 0.621. The molecule has 0 aliphatic heterocycles. The van der Waals surface area contributed by atoms with Gasteiger partial charge in [-0.3, -0.25) is 0 Å². The van der Waals surface area contributed by atoms with Gasteiger partial charge in [0.15, 0.2) is 0 Å². The molecule has 0 unspecified atom stereocenters. The summed E-state index contributed by atoms with van der Waals surface area (Å²) in [5.74, 6) is 2.50. The van der Waals surface area contributed by atoms with Crippen molar-refractivity contribution >= 4 is 0 Å². The second-order valence-electron chi connectivity index (χ2n) is 2.42. The molecular formula is C10H17NO. The van der Waals surface area contributed by atoms with Crippen LogP contribution in [0, 0.1) is 12.3 Å². The molecule has 2 heteroatoms. The van der Waals surface area contributed by atoms with Crippen molar-refractivity contribution in [2.24, 2.45) is 0 Å². The third kappa shape index (κ3) is 9.22. The van der Waals surface area contributed by atoms with Crippen molar-refractivity contribution in [3.05, 3.63) is 12.7 Å². The van der Waals surface area contributed by atoms with E-state index >= 15 is 0 Å². The summed E-state index contributed by atoms with van der Waals surface area (Å²) in [7, 11) is 0. The van der Waals surface area contributed by atoms with E-state index in [1.54, 1.807) is 0 Å². The van der Waals surface area contributed by atoms with Gasteiger partial charge < -0.3 is 10.1 Å². The zero-order valence-electron chi connectivity index (χ0n) is 7.51. The lowest BCUT2D eigenvalue weighted by Gasteiger charge is -2.02. The number of hydrogen-bond acceptors (Lipinski definition) is 2. The highest BCUT2D eigenvalue weighted by Crippen LogP contribution is 1.89. The normalized spacial score (nSPS) is 9.25. The van der Waals surface area contributed by atoms with Crippen molar-refractivity contribution < 1.29 is 4.74 Å². The molecular weight excluding hydrogens is 150 g/mol. The average molecular weight is 167 g/mol. The number of nitrogens with one attached hydrogen (secondary N) is 1. The molecule has 0 heterocycles. The average Bonchev–Trinajstić information content (AvgIpc) is 2.10. The molecule has 0 rings (SSSR count). The fraction of sp³-hybridized carbons (Fsp3) is 0.600. The molecule has 0 saturated carbocycles. The number of ether oxygens (including phenoxy) is 1. The van der Waals surface area contributed by atoms with Crippen molar-refractivity contribution in [3.8, 4) is 12.3 Å². The molecule has 0 radical (unpaired) electrons. The molecule has 0 fully saturated rings. The van der Waals surface area contributed by atoms with Gasteiger partial charge >= 0.3 is 0 Å². The highest BCUT2D eigenvalue weighted by Gasteiger charge is 1.86. The molecule has 0 aromatic carbocycles. The molecule has 0 aliphatic rings. The lowest BCUT2D eigenvalue weighted by Crippen LogP contribution is -2.19. The summed E-state index contributed by atoms with van der Waals surface area (Å²) in [4.78, 5) is 0. The van der Waals surface area contributed by atoms with Crippen molar-refractivity contribution in [1.82, 2.24) is 5.32 Å². The molecule has 68 valence electrons. The van der Waals surface area contributed by atoms with Crippen LogP contribution in [-0.4, -0.2) is 26.3 Å². The molecule has 0 aromatic heterocycles. The smallest absolute Gasteiger partial charge is 0.0591 e. The predicted octanol–water partition coefficient (Wildman–Crippen LogP) is 1.19. The molecule has 12 heavy (non-hydrogen) atoms. The van der Waals surface area contributed by atoms with E-state index in [9.17, 15) is 0 Å². The standard InChI is InChI=1S/C10H17NO/c1-3-5-6-9-12-10-8-11-7-4-2/h2-3,11H,1,5-10H2. The van der Waals surface area contributed by atoms with Crippen LogP contribution in [-0.2, 0) is 4.74 Å². The first-order valence-corrected chi connectivity index (χ1v) is 4.24. The van der Waals surface area contributed by atoms with Crippen molar-refractivity contribution in [3.63, 3.8) is 0 Å². The van der Waals surface area contributed by atoms with E-state index in [-0.39, 0.29) is 0 Å². The zero-order chi connectivity index (χ0) is 9.07. The lowest BCUT2D eigenvalue weighted by molar-refractivity contribution is 0.135. The van der Waals surface area contributed by atoms with Crippen LogP contribution in [0.2, 0.25) is 0 Å². The van der Waals surface area contributed by atoms with E-state index in [4.69, 9.17) is 11.2 Å². The Kier molecular flexibility index (Phi) is 9.56. The highest BCUT2D eigenvalue weighted by atomic mass is 16.5. The predicted molar refractivity (Wildman–Crippen MR) is 52.0 cm³/mol. The van der Waals surface area contributed by atoms with E-state index in [0.717, 1.165) is 32.6 Å². The lowest BCUT2D eigenvalue weighted by atomic mass is 10.3. The van der Waals surface area contributed by atoms with Gasteiger partial charge in [0.1, 0.15) is 0 Å². The number of unbranched alkanes of at least 4 members (excludes halogenated alkanes) is 1. The Morgan fingerprint density at radius 1 is 1.50 bits per heavy atom. The van der Waals surface area contributed by atoms with E-state index < -0.39 is 0 Å². The Hall–Kier alpha value is -0.780. The third-order valence-electron chi connectivity index (χ3n) is 1.35. The summed E-state index contributed by atoms with van der Waals surface area (Å²) < 4.78 is 5.30. The van der Waals surface area contributed by atoms with Crippen LogP contribution in [0.3, 0.4) is 0 Å². The quantitative estimate of drug-likeness (QED) is 0.333. The molecule has 0 amide bonds. The Labute approximate surface area is 75.0 Å². The SMILES string of the molecule is C#CCNCCOCCCC=C. The van der Waals surface area contributed by atoms with Crippen LogP contribution in [0.25, 0.3) is 0 Å². The second-order valence-corrected chi connectivity index (χ2v) is 2.42. The summed E-state index contributed by atoms with van der Waals surface area (Å²) in [6, 6.07) is 0. The van der Waals surface area contributed by atoms with Gasteiger partial charge in [0, 0.05) is 13.2 Å². The van der Waals surface area contributed by atoms with E-state index in [2.05, 4.69) is 17.8 Å². The summed E-state index contributed by atoms with van der Waals surface area (Å²) in [5, 5.41) is 3.04. The van der Waals surface area contributed by atoms with E-state index in [1.807, 2.05) is 6.08 Å². The number of terminal acetylenes is 1. The monoisotopic (exact) mass is 167 g/mol. The fourth-order valence-corrected chi connectivity index (χ4v) is 0.737. The van der Waals surface area contributed by atoms with Crippen LogP contribution in [0.4, 0.5) is 0 Å². The van der Waals surface area contributed by atoms with E-state index in [1.165, 1.54) is 0 Å². The van der Waals surface area contributed by atoms with Gasteiger partial charge in [-0.15, -0.1) is 13.0 Å². The number of rotatable bonds is 8. The zero-order valence-corrected chi connectivity index (χ0v) is 7.51. The van der Waals surface area contributed by atoms with Gasteiger partial charge in [0.2, 0.25) is 0 Å². The summed E-state index contributed by atoms with van der Waals surface area (Å²) >= 11 is 0. The maximum Gasteiger partial charge on any atom is 0.0591 e. The van der Waals surface area contributed by atoms with Crippen LogP contribution in [0.1, 0.15) is 12.8 Å². The minimum atomic E-state index is 0.621. The second kappa shape index (κ2) is 10.2. The van der Waals surface area contributed by atoms with Crippen molar-refractivity contribution in [1.29, 1.82) is 0 Å². The van der Waals surface area contributed by atoms with Crippen LogP contribution < -0.4 is 5.32 Å². The van der Waals surface area contributed by atoms with Gasteiger partial charge in [0.25, 0.3) is 0 Å². The van der Waals surface area contributed by atoms with Crippen LogP contribution in [0.5, 0.6) is 0 Å². The molecule has 0 aromatic rings. The topological polar surface area (TPSA) is 21.3 Å². The maximum atomic E-state index is 5.30. The molecule has 0 saturated heterocycles. The van der Waals surface area contributed by atoms with Crippen LogP contribution in [0.15, 0.2) is 12.7 Å². The molecule has 0 atom stereocenters. The van der Waals surface area contributed by atoms with Crippen LogP contribution >= 0.6 is 0 Å². The van der Waals surface area contributed by atoms with Gasteiger partial charge in [0.05, 0.1) is 13.2 Å². The highest BCUT2D eigenvalue weighted by molar-refractivity contribution is 4.86. The summed E-state index contributed by atoms with van der Waals surface area (Å²) in [5.41, 5.74) is 0. The summed E-state index contributed by atoms with van der Waals surface area (Å²) in [6.45, 7) is 6.63. The third-order valence-corrected chi connectivity index (χ3v) is 1.35. The summed E-state index contributed by atoms with van der Waals surface area (Å²) in [6.07, 6.45) is 9.03. The Morgan fingerprint density at radius 2 is 2.33 bits per heavy atom. The number of hydrogen-bond donors (Lipinski definition) is 1. The Balaban J connectivity index is 2.82. The van der Waals surface area contributed by atoms with Gasteiger partial charge in [-0.25, -0.2) is 0 Å². The first-order chi connectivity index (χ1) is 5.91. The Morgan fingerprint density at radius 3 is 3.00 bits per heavy atom. The van der Waals surface area contributed by atoms with E-state index in [0.29, 0.717) is 6.54 Å². The first kappa shape index (κ1) is 11.2. The van der Waals surface area contributed by atoms with Gasteiger partial charge in [-0.05, 0) is 12.8 Å². The molecule has 0 spiro atoms. The molecule has 0 bridgehead atoms. The van der Waals surface area contributed by atoms with Crippen molar-refractivity contribution in [2.45, 2.75) is 12.8 Å². The maximum absolute atomic E-state index is 5.30. The fourth-order valence-electron chi connectivity index (χ4n) is 0.737.